The van der Waals surface area contributed by atoms with Gasteiger partial charge in [0.2, 0.25) is 0 Å². The first-order valence-corrected chi connectivity index (χ1v) is 7.53. The van der Waals surface area contributed by atoms with E-state index in [9.17, 15) is 0 Å². The van der Waals surface area contributed by atoms with Gasteiger partial charge in [0.1, 0.15) is 0 Å². The lowest BCUT2D eigenvalue weighted by Crippen LogP contribution is -2.17. The molecule has 0 radical (unpaired) electrons. The zero-order valence-electron chi connectivity index (χ0n) is 11.6. The molecule has 1 nitrogen and oxygen atoms in total. The van der Waals surface area contributed by atoms with Crippen LogP contribution in [0.15, 0.2) is 42.5 Å². The third-order valence-corrected chi connectivity index (χ3v) is 4.90. The quantitative estimate of drug-likeness (QED) is 0.743. The summed E-state index contributed by atoms with van der Waals surface area (Å²) >= 11 is 12.2. The maximum absolute atomic E-state index is 6.18. The van der Waals surface area contributed by atoms with E-state index in [0.29, 0.717) is 22.0 Å². The molecule has 1 aliphatic carbocycles. The molecule has 0 amide bonds. The zero-order chi connectivity index (χ0) is 14.3. The van der Waals surface area contributed by atoms with E-state index in [1.165, 1.54) is 16.7 Å². The summed E-state index contributed by atoms with van der Waals surface area (Å²) in [7, 11) is 4.28. The van der Waals surface area contributed by atoms with Crippen LogP contribution in [0.2, 0.25) is 10.0 Å². The highest BCUT2D eigenvalue weighted by atomic mass is 35.5. The average Bonchev–Trinajstić information content (AvgIpc) is 2.82. The van der Waals surface area contributed by atoms with Gasteiger partial charge in [-0.05, 0) is 49.3 Å². The highest BCUT2D eigenvalue weighted by molar-refractivity contribution is 6.42. The van der Waals surface area contributed by atoms with Crippen molar-refractivity contribution < 1.29 is 0 Å². The molecule has 0 aliphatic heterocycles. The van der Waals surface area contributed by atoms with E-state index in [0.717, 1.165) is 6.42 Å². The lowest BCUT2D eigenvalue weighted by molar-refractivity contribution is 0.293. The van der Waals surface area contributed by atoms with Crippen LogP contribution < -0.4 is 0 Å². The Morgan fingerprint density at radius 1 is 0.950 bits per heavy atom. The van der Waals surface area contributed by atoms with Gasteiger partial charge >= 0.3 is 0 Å². The largest absolute Gasteiger partial charge is 0.302 e. The minimum Gasteiger partial charge on any atom is -0.302 e. The Hall–Kier alpha value is -1.02. The van der Waals surface area contributed by atoms with Gasteiger partial charge in [-0.25, -0.2) is 0 Å². The van der Waals surface area contributed by atoms with Crippen LogP contribution in [0.4, 0.5) is 0 Å². The number of nitrogens with zero attached hydrogens (tertiary/aromatic N) is 1. The number of benzene rings is 2. The summed E-state index contributed by atoms with van der Waals surface area (Å²) in [6.45, 7) is 0. The molecule has 20 heavy (non-hydrogen) atoms. The molecule has 0 heterocycles. The molecule has 0 aromatic heterocycles. The summed E-state index contributed by atoms with van der Waals surface area (Å²) in [6, 6.07) is 15.1. The molecule has 2 aromatic carbocycles. The van der Waals surface area contributed by atoms with Crippen molar-refractivity contribution in [1.82, 2.24) is 4.90 Å². The van der Waals surface area contributed by atoms with E-state index in [2.05, 4.69) is 49.3 Å². The van der Waals surface area contributed by atoms with Crippen LogP contribution in [0.3, 0.4) is 0 Å². The summed E-state index contributed by atoms with van der Waals surface area (Å²) in [5.74, 6) is 0.397. The highest BCUT2D eigenvalue weighted by Crippen LogP contribution is 2.46. The average molecular weight is 306 g/mol. The van der Waals surface area contributed by atoms with E-state index < -0.39 is 0 Å². The number of rotatable bonds is 2. The normalized spacial score (nSPS) is 21.2. The lowest BCUT2D eigenvalue weighted by atomic mass is 9.93. The summed E-state index contributed by atoms with van der Waals surface area (Å²) in [5, 5.41) is 1.25. The predicted octanol–water partition coefficient (Wildman–Crippen LogP) is 5.13. The summed E-state index contributed by atoms with van der Waals surface area (Å²) < 4.78 is 0. The van der Waals surface area contributed by atoms with Crippen molar-refractivity contribution in [2.24, 2.45) is 0 Å². The van der Waals surface area contributed by atoms with Crippen LogP contribution in [-0.2, 0) is 0 Å². The summed E-state index contributed by atoms with van der Waals surface area (Å²) in [6.07, 6.45) is 1.09. The van der Waals surface area contributed by atoms with Gasteiger partial charge in [0, 0.05) is 12.0 Å². The topological polar surface area (TPSA) is 3.24 Å². The summed E-state index contributed by atoms with van der Waals surface area (Å²) in [5.41, 5.74) is 4.08. The SMILES string of the molecule is CN(C)[C@@H]1C[C@H](c2ccc(Cl)c(Cl)c2)c2ccccc21. The third kappa shape index (κ3) is 2.35. The van der Waals surface area contributed by atoms with Gasteiger partial charge in [-0.1, -0.05) is 53.5 Å². The smallest absolute Gasteiger partial charge is 0.0595 e. The molecule has 2 aromatic rings. The molecule has 3 rings (SSSR count). The number of hydrogen-bond donors (Lipinski definition) is 0. The van der Waals surface area contributed by atoms with Gasteiger partial charge in [-0.3, -0.25) is 0 Å². The van der Waals surface area contributed by atoms with Crippen molar-refractivity contribution in [1.29, 1.82) is 0 Å². The van der Waals surface area contributed by atoms with Crippen LogP contribution in [0.1, 0.15) is 35.1 Å². The molecule has 3 heteroatoms. The zero-order valence-corrected chi connectivity index (χ0v) is 13.1. The van der Waals surface area contributed by atoms with Gasteiger partial charge in [-0.15, -0.1) is 0 Å². The fourth-order valence-electron chi connectivity index (χ4n) is 3.14. The van der Waals surface area contributed by atoms with Crippen LogP contribution >= 0.6 is 23.2 Å². The minimum absolute atomic E-state index is 0.397. The Balaban J connectivity index is 2.05. The van der Waals surface area contributed by atoms with Gasteiger partial charge < -0.3 is 4.90 Å². The molecule has 104 valence electrons. The molecule has 0 unspecified atom stereocenters. The van der Waals surface area contributed by atoms with Crippen molar-refractivity contribution in [3.05, 3.63) is 69.2 Å². The molecular formula is C17H17Cl2N. The van der Waals surface area contributed by atoms with Gasteiger partial charge in [0.25, 0.3) is 0 Å². The van der Waals surface area contributed by atoms with Crippen molar-refractivity contribution in [2.45, 2.75) is 18.4 Å². The van der Waals surface area contributed by atoms with Crippen molar-refractivity contribution in [2.75, 3.05) is 14.1 Å². The van der Waals surface area contributed by atoms with Gasteiger partial charge in [-0.2, -0.15) is 0 Å². The van der Waals surface area contributed by atoms with Crippen LogP contribution in [-0.4, -0.2) is 19.0 Å². The Bertz CT molecular complexity index is 637. The standard InChI is InChI=1S/C17H17Cl2N/c1-20(2)17-10-14(12-5-3-4-6-13(12)17)11-7-8-15(18)16(19)9-11/h3-9,14,17H,10H2,1-2H3/t14-,17-/m1/s1. The molecule has 0 saturated heterocycles. The molecule has 0 fully saturated rings. The van der Waals surface area contributed by atoms with Gasteiger partial charge in [0.05, 0.1) is 10.0 Å². The van der Waals surface area contributed by atoms with Crippen LogP contribution in [0.25, 0.3) is 0 Å². The number of hydrogen-bond acceptors (Lipinski definition) is 1. The molecule has 0 bridgehead atoms. The second kappa shape index (κ2) is 5.40. The maximum Gasteiger partial charge on any atom is 0.0595 e. The van der Waals surface area contributed by atoms with E-state index >= 15 is 0 Å². The third-order valence-electron chi connectivity index (χ3n) is 4.16. The molecule has 0 spiro atoms. The van der Waals surface area contributed by atoms with Crippen molar-refractivity contribution >= 4 is 23.2 Å². The van der Waals surface area contributed by atoms with E-state index in [1.54, 1.807) is 0 Å². The maximum atomic E-state index is 6.18. The number of fused-ring (bicyclic) bond motifs is 1. The predicted molar refractivity (Wildman–Crippen MR) is 85.8 cm³/mol. The van der Waals surface area contributed by atoms with E-state index in [4.69, 9.17) is 23.2 Å². The van der Waals surface area contributed by atoms with Crippen molar-refractivity contribution in [3.63, 3.8) is 0 Å². The Kier molecular flexibility index (Phi) is 3.76. The highest BCUT2D eigenvalue weighted by Gasteiger charge is 2.32. The summed E-state index contributed by atoms with van der Waals surface area (Å²) in [4.78, 5) is 2.29. The molecule has 0 N–H and O–H groups in total. The van der Waals surface area contributed by atoms with Crippen LogP contribution in [0, 0.1) is 0 Å². The molecule has 2 atom stereocenters. The van der Waals surface area contributed by atoms with E-state index in [-0.39, 0.29) is 0 Å². The van der Waals surface area contributed by atoms with Gasteiger partial charge in [0.15, 0.2) is 0 Å². The second-order valence-electron chi connectivity index (χ2n) is 5.57. The Morgan fingerprint density at radius 3 is 2.30 bits per heavy atom. The second-order valence-corrected chi connectivity index (χ2v) is 6.38. The van der Waals surface area contributed by atoms with Crippen LogP contribution in [0.5, 0.6) is 0 Å². The first-order valence-electron chi connectivity index (χ1n) is 6.78. The monoisotopic (exact) mass is 305 g/mol. The number of halogens is 2. The van der Waals surface area contributed by atoms with E-state index in [1.807, 2.05) is 12.1 Å². The minimum atomic E-state index is 0.397. The van der Waals surface area contributed by atoms with Crippen molar-refractivity contribution in [3.8, 4) is 0 Å². The fraction of sp³-hybridized carbons (Fsp3) is 0.294. The molecular weight excluding hydrogens is 289 g/mol. The first-order chi connectivity index (χ1) is 9.58. The molecule has 0 saturated carbocycles. The molecule has 1 aliphatic rings. The first kappa shape index (κ1) is 13.9. The Labute approximate surface area is 130 Å². The Morgan fingerprint density at radius 2 is 1.65 bits per heavy atom. The fourth-order valence-corrected chi connectivity index (χ4v) is 3.45. The lowest BCUT2D eigenvalue weighted by Gasteiger charge is -2.20.